The van der Waals surface area contributed by atoms with Crippen molar-refractivity contribution >= 4 is 50.3 Å². The van der Waals surface area contributed by atoms with Crippen molar-refractivity contribution in [2.24, 2.45) is 15.0 Å². The Morgan fingerprint density at radius 1 is 0.625 bits per heavy atom. The van der Waals surface area contributed by atoms with Gasteiger partial charge in [-0.25, -0.2) is 15.0 Å². The van der Waals surface area contributed by atoms with Crippen LogP contribution in [0.2, 0.25) is 0 Å². The largest absolute Gasteiger partial charge is 0.373 e. The number of benzene rings is 6. The summed E-state index contributed by atoms with van der Waals surface area (Å²) in [6.45, 7) is 4.20. The number of allylic oxidation sites excluding steroid dienone is 2. The fourth-order valence-electron chi connectivity index (χ4n) is 6.70. The van der Waals surface area contributed by atoms with E-state index in [9.17, 15) is 0 Å². The molecule has 1 atom stereocenters. The zero-order chi connectivity index (χ0) is 32.0. The van der Waals surface area contributed by atoms with Gasteiger partial charge in [0.15, 0.2) is 17.4 Å². The minimum atomic E-state index is -0.386. The van der Waals surface area contributed by atoms with Gasteiger partial charge in [0, 0.05) is 27.8 Å². The molecule has 48 heavy (non-hydrogen) atoms. The van der Waals surface area contributed by atoms with Gasteiger partial charge in [-0.1, -0.05) is 128 Å². The van der Waals surface area contributed by atoms with Crippen LogP contribution in [0.4, 0.5) is 0 Å². The number of para-hydroxylation sites is 1. The summed E-state index contributed by atoms with van der Waals surface area (Å²) in [5, 5.41) is 9.90. The Morgan fingerprint density at radius 3 is 1.94 bits per heavy atom. The van der Waals surface area contributed by atoms with E-state index in [1.54, 1.807) is 5.06 Å². The predicted molar refractivity (Wildman–Crippen MR) is 196 cm³/mol. The van der Waals surface area contributed by atoms with E-state index in [4.69, 9.17) is 19.8 Å². The Labute approximate surface area is 278 Å². The van der Waals surface area contributed by atoms with Crippen LogP contribution in [0.15, 0.2) is 173 Å². The molecule has 0 amide bonds. The maximum absolute atomic E-state index is 6.41. The van der Waals surface area contributed by atoms with Crippen LogP contribution in [0.1, 0.15) is 34.0 Å². The highest BCUT2D eigenvalue weighted by atomic mass is 16.7. The molecule has 3 aliphatic heterocycles. The lowest BCUT2D eigenvalue weighted by Gasteiger charge is -2.28. The molecule has 0 aromatic heterocycles. The van der Waals surface area contributed by atoms with Crippen LogP contribution < -0.4 is 10.2 Å². The predicted octanol–water partition coefficient (Wildman–Crippen LogP) is 9.08. The molecule has 0 fully saturated rings. The first-order valence-electron chi connectivity index (χ1n) is 15.9. The second kappa shape index (κ2) is 11.4. The number of amidine groups is 3. The molecule has 0 radical (unpaired) electrons. The Bertz CT molecular complexity index is 2360. The molecule has 0 bridgehead atoms. The third-order valence-corrected chi connectivity index (χ3v) is 8.90. The first-order chi connectivity index (χ1) is 23.7. The fraction of sp³-hybridized carbons (Fsp3) is 0.0238. The number of nitrogens with one attached hydrogen (secondary N) is 1. The van der Waals surface area contributed by atoms with Crippen LogP contribution in [0.5, 0.6) is 5.75 Å². The SMILES string of the molecule is C=C1N=C2C=CC(c3c4ccccc4c(C4N=C(c5ccccc5)N=C(c5ccccc5)N4)c4ccccc34)=CN2Oc2ccccc21. The Kier molecular flexibility index (Phi) is 6.57. The summed E-state index contributed by atoms with van der Waals surface area (Å²) >= 11 is 0. The average Bonchev–Trinajstić information content (AvgIpc) is 3.29. The minimum absolute atomic E-state index is 0.386. The van der Waals surface area contributed by atoms with E-state index < -0.39 is 0 Å². The van der Waals surface area contributed by atoms with Crippen molar-refractivity contribution in [2.45, 2.75) is 6.17 Å². The number of aliphatic imine (C=N–C) groups is 3. The molecule has 6 aromatic rings. The summed E-state index contributed by atoms with van der Waals surface area (Å²) in [7, 11) is 0. The Morgan fingerprint density at radius 2 is 1.23 bits per heavy atom. The van der Waals surface area contributed by atoms with E-state index in [2.05, 4.69) is 90.8 Å². The zero-order valence-electron chi connectivity index (χ0n) is 25.9. The third kappa shape index (κ3) is 4.70. The highest BCUT2D eigenvalue weighted by Crippen LogP contribution is 2.42. The molecule has 228 valence electrons. The van der Waals surface area contributed by atoms with Crippen LogP contribution in [0, 0.1) is 0 Å². The van der Waals surface area contributed by atoms with Crippen LogP contribution >= 0.6 is 0 Å². The third-order valence-electron chi connectivity index (χ3n) is 8.90. The molecule has 0 saturated heterocycles. The molecule has 1 N–H and O–H groups in total. The van der Waals surface area contributed by atoms with Crippen molar-refractivity contribution < 1.29 is 4.84 Å². The van der Waals surface area contributed by atoms with Crippen LogP contribution in [0.3, 0.4) is 0 Å². The van der Waals surface area contributed by atoms with Gasteiger partial charge in [-0.2, -0.15) is 5.06 Å². The maximum atomic E-state index is 6.41. The van der Waals surface area contributed by atoms with Gasteiger partial charge in [-0.15, -0.1) is 0 Å². The first kappa shape index (κ1) is 27.8. The van der Waals surface area contributed by atoms with E-state index in [1.165, 1.54) is 0 Å². The normalized spacial score (nSPS) is 16.9. The van der Waals surface area contributed by atoms with Gasteiger partial charge in [0.05, 0.1) is 11.9 Å². The molecule has 0 aliphatic carbocycles. The van der Waals surface area contributed by atoms with E-state index in [-0.39, 0.29) is 6.17 Å². The van der Waals surface area contributed by atoms with Gasteiger partial charge in [-0.3, -0.25) is 0 Å². The summed E-state index contributed by atoms with van der Waals surface area (Å²) in [5.74, 6) is 2.87. The average molecular weight is 620 g/mol. The van der Waals surface area contributed by atoms with Crippen LogP contribution in [0.25, 0.3) is 32.8 Å². The van der Waals surface area contributed by atoms with Crippen molar-refractivity contribution in [3.8, 4) is 5.75 Å². The van der Waals surface area contributed by atoms with Crippen LogP contribution in [-0.4, -0.2) is 22.6 Å². The second-order valence-corrected chi connectivity index (χ2v) is 11.8. The molecule has 6 aromatic carbocycles. The molecular weight excluding hydrogens is 590 g/mol. The van der Waals surface area contributed by atoms with Gasteiger partial charge in [0.2, 0.25) is 0 Å². The molecule has 1 unspecified atom stereocenters. The van der Waals surface area contributed by atoms with Crippen molar-refractivity contribution in [2.75, 3.05) is 0 Å². The van der Waals surface area contributed by atoms with Crippen molar-refractivity contribution in [1.82, 2.24) is 10.4 Å². The molecule has 6 nitrogen and oxygen atoms in total. The summed E-state index contributed by atoms with van der Waals surface area (Å²) in [4.78, 5) is 21.5. The van der Waals surface area contributed by atoms with E-state index in [1.807, 2.05) is 72.9 Å². The number of nitrogens with zero attached hydrogens (tertiary/aromatic N) is 4. The van der Waals surface area contributed by atoms with Crippen LogP contribution in [-0.2, 0) is 0 Å². The standard InChI is InChI=1S/C42H29N5O/c1-27-31-18-12-13-23-36(31)48-47-26-30(24-25-37(47)43-27)38-32-19-8-10-21-34(32)39(35-22-11-9-20-33(35)38)42-45-40(28-14-4-2-5-15-28)44-41(46-42)29-16-6-3-7-17-29/h2-26,42H,1H2,(H,44,45,46). The first-order valence-corrected chi connectivity index (χ1v) is 15.9. The van der Waals surface area contributed by atoms with Crippen molar-refractivity contribution in [3.05, 3.63) is 186 Å². The molecule has 9 rings (SSSR count). The summed E-state index contributed by atoms with van der Waals surface area (Å²) in [6.07, 6.45) is 5.74. The lowest BCUT2D eigenvalue weighted by atomic mass is 9.87. The number of hydroxylamine groups is 2. The van der Waals surface area contributed by atoms with Gasteiger partial charge < -0.3 is 10.2 Å². The molecular formula is C42H29N5O. The van der Waals surface area contributed by atoms with Gasteiger partial charge in [0.1, 0.15) is 12.0 Å². The monoisotopic (exact) mass is 619 g/mol. The van der Waals surface area contributed by atoms with E-state index in [0.717, 1.165) is 60.8 Å². The Hall–Kier alpha value is -6.53. The van der Waals surface area contributed by atoms with E-state index >= 15 is 0 Å². The van der Waals surface area contributed by atoms with Gasteiger partial charge in [0.25, 0.3) is 0 Å². The summed E-state index contributed by atoms with van der Waals surface area (Å²) in [5.41, 5.74) is 6.73. The highest BCUT2D eigenvalue weighted by Gasteiger charge is 2.28. The van der Waals surface area contributed by atoms with Crippen molar-refractivity contribution in [1.29, 1.82) is 0 Å². The lowest BCUT2D eigenvalue weighted by Crippen LogP contribution is -2.33. The van der Waals surface area contributed by atoms with Gasteiger partial charge in [-0.05, 0) is 51.4 Å². The lowest BCUT2D eigenvalue weighted by molar-refractivity contribution is 0.0742. The highest BCUT2D eigenvalue weighted by molar-refractivity contribution is 6.17. The second-order valence-electron chi connectivity index (χ2n) is 11.8. The summed E-state index contributed by atoms with van der Waals surface area (Å²) in [6, 6.07) is 45.4. The molecule has 3 aliphatic rings. The minimum Gasteiger partial charge on any atom is -0.373 e. The fourth-order valence-corrected chi connectivity index (χ4v) is 6.70. The number of hydrogen-bond donors (Lipinski definition) is 1. The topological polar surface area (TPSA) is 61.6 Å². The number of rotatable bonds is 4. The van der Waals surface area contributed by atoms with Crippen molar-refractivity contribution in [3.63, 3.8) is 0 Å². The quantitative estimate of drug-likeness (QED) is 0.200. The number of fused-ring (bicyclic) bond motifs is 4. The smallest absolute Gasteiger partial charge is 0.169 e. The molecule has 0 saturated carbocycles. The Balaban J connectivity index is 1.24. The number of hydrogen-bond acceptors (Lipinski definition) is 6. The molecule has 0 spiro atoms. The molecule has 3 heterocycles. The van der Waals surface area contributed by atoms with E-state index in [0.29, 0.717) is 23.1 Å². The maximum Gasteiger partial charge on any atom is 0.169 e. The molecule has 6 heteroatoms. The summed E-state index contributed by atoms with van der Waals surface area (Å²) < 4.78 is 0. The zero-order valence-corrected chi connectivity index (χ0v) is 25.9. The van der Waals surface area contributed by atoms with Gasteiger partial charge >= 0.3 is 0 Å².